The van der Waals surface area contributed by atoms with Gasteiger partial charge in [0.15, 0.2) is 0 Å². The van der Waals surface area contributed by atoms with Crippen molar-refractivity contribution in [1.29, 1.82) is 0 Å². The summed E-state index contributed by atoms with van der Waals surface area (Å²) in [5.74, 6) is 2.86. The van der Waals surface area contributed by atoms with Crippen LogP contribution in [0.1, 0.15) is 75.8 Å². The van der Waals surface area contributed by atoms with Gasteiger partial charge in [-0.3, -0.25) is 0 Å². The van der Waals surface area contributed by atoms with Gasteiger partial charge in [-0.05, 0) is 80.2 Å². The van der Waals surface area contributed by atoms with Crippen LogP contribution in [0.15, 0.2) is 24.3 Å². The SMILES string of the molecule is C.NCc1ccc([C@H]2CC[C@H]([C@H]3CC[C@H](I)CC3)CC2)cc1. The van der Waals surface area contributed by atoms with E-state index in [4.69, 9.17) is 5.73 Å². The number of benzene rings is 1. The molecule has 0 amide bonds. The highest BCUT2D eigenvalue weighted by Gasteiger charge is 2.30. The van der Waals surface area contributed by atoms with Crippen molar-refractivity contribution in [3.8, 4) is 0 Å². The van der Waals surface area contributed by atoms with Crippen LogP contribution in [-0.4, -0.2) is 3.92 Å². The molecule has 124 valence electrons. The third-order valence-corrected chi connectivity index (χ3v) is 7.07. The molecule has 0 saturated heterocycles. The van der Waals surface area contributed by atoms with E-state index in [0.29, 0.717) is 6.54 Å². The Hall–Kier alpha value is -0.0900. The standard InChI is InChI=1S/C19H28IN.CH4/c20-19-11-9-18(10-12-19)17-7-5-16(6-8-17)15-3-1-14(13-21)2-4-15;/h1-4,16-19H,5-13,21H2;1H4/t16-,17-,18-,19-;. The first-order chi connectivity index (χ1) is 10.3. The molecule has 0 heterocycles. The van der Waals surface area contributed by atoms with Crippen LogP contribution in [-0.2, 0) is 6.54 Å². The van der Waals surface area contributed by atoms with Gasteiger partial charge in [-0.2, -0.15) is 0 Å². The third-order valence-electron chi connectivity index (χ3n) is 5.83. The molecular formula is C20H32IN. The normalized spacial score (nSPS) is 32.3. The van der Waals surface area contributed by atoms with Crippen molar-refractivity contribution in [2.24, 2.45) is 17.6 Å². The van der Waals surface area contributed by atoms with Crippen LogP contribution < -0.4 is 5.73 Å². The van der Waals surface area contributed by atoms with E-state index in [9.17, 15) is 0 Å². The first-order valence-corrected chi connectivity index (χ1v) is 9.94. The van der Waals surface area contributed by atoms with Gasteiger partial charge in [0.05, 0.1) is 0 Å². The van der Waals surface area contributed by atoms with Crippen molar-refractivity contribution in [2.45, 2.75) is 75.2 Å². The van der Waals surface area contributed by atoms with Crippen molar-refractivity contribution in [2.75, 3.05) is 0 Å². The average Bonchev–Trinajstić information content (AvgIpc) is 2.56. The van der Waals surface area contributed by atoms with Crippen LogP contribution in [0.25, 0.3) is 0 Å². The lowest BCUT2D eigenvalue weighted by atomic mass is 9.70. The Morgan fingerprint density at radius 1 is 0.818 bits per heavy atom. The maximum Gasteiger partial charge on any atom is 0.0178 e. The van der Waals surface area contributed by atoms with E-state index in [2.05, 4.69) is 46.9 Å². The summed E-state index contributed by atoms with van der Waals surface area (Å²) in [6, 6.07) is 9.05. The number of alkyl halides is 1. The van der Waals surface area contributed by atoms with Gasteiger partial charge in [0, 0.05) is 10.5 Å². The van der Waals surface area contributed by atoms with E-state index in [1.807, 2.05) is 0 Å². The Kier molecular flexibility index (Phi) is 7.20. The van der Waals surface area contributed by atoms with Crippen molar-refractivity contribution >= 4 is 22.6 Å². The predicted molar refractivity (Wildman–Crippen MR) is 106 cm³/mol. The lowest BCUT2D eigenvalue weighted by Crippen LogP contribution is -2.25. The molecule has 0 radical (unpaired) electrons. The van der Waals surface area contributed by atoms with Crippen molar-refractivity contribution in [1.82, 2.24) is 0 Å². The van der Waals surface area contributed by atoms with E-state index in [1.165, 1.54) is 56.9 Å². The Morgan fingerprint density at radius 3 is 1.82 bits per heavy atom. The fraction of sp³-hybridized carbons (Fsp3) is 0.700. The molecule has 2 fully saturated rings. The van der Waals surface area contributed by atoms with E-state index >= 15 is 0 Å². The maximum atomic E-state index is 5.69. The number of rotatable bonds is 3. The first-order valence-electron chi connectivity index (χ1n) is 8.69. The molecule has 2 heteroatoms. The minimum Gasteiger partial charge on any atom is -0.326 e. The Labute approximate surface area is 150 Å². The predicted octanol–water partition coefficient (Wildman–Crippen LogP) is 6.05. The summed E-state index contributed by atoms with van der Waals surface area (Å²) >= 11 is 2.65. The largest absolute Gasteiger partial charge is 0.326 e. The van der Waals surface area contributed by atoms with Gasteiger partial charge in [-0.25, -0.2) is 0 Å². The number of halogens is 1. The van der Waals surface area contributed by atoms with Crippen LogP contribution in [0.5, 0.6) is 0 Å². The van der Waals surface area contributed by atoms with Crippen molar-refractivity contribution < 1.29 is 0 Å². The summed E-state index contributed by atoms with van der Waals surface area (Å²) in [6.07, 6.45) is 11.6. The fourth-order valence-electron chi connectivity index (χ4n) is 4.40. The second kappa shape index (κ2) is 8.68. The zero-order valence-corrected chi connectivity index (χ0v) is 15.1. The Morgan fingerprint density at radius 2 is 1.32 bits per heavy atom. The van der Waals surface area contributed by atoms with E-state index in [0.717, 1.165) is 21.7 Å². The summed E-state index contributed by atoms with van der Waals surface area (Å²) in [6.45, 7) is 0.659. The van der Waals surface area contributed by atoms with Gasteiger partial charge in [0.25, 0.3) is 0 Å². The third kappa shape index (κ3) is 4.47. The van der Waals surface area contributed by atoms with Crippen LogP contribution >= 0.6 is 22.6 Å². The first kappa shape index (κ1) is 18.3. The lowest BCUT2D eigenvalue weighted by molar-refractivity contribution is 0.190. The van der Waals surface area contributed by atoms with Gasteiger partial charge < -0.3 is 5.73 Å². The van der Waals surface area contributed by atoms with Gasteiger partial charge in [0.1, 0.15) is 0 Å². The van der Waals surface area contributed by atoms with E-state index in [1.54, 1.807) is 5.56 Å². The zero-order valence-electron chi connectivity index (χ0n) is 12.9. The molecule has 2 aliphatic rings. The molecule has 1 nitrogen and oxygen atoms in total. The smallest absolute Gasteiger partial charge is 0.0178 e. The van der Waals surface area contributed by atoms with Crippen LogP contribution in [0.3, 0.4) is 0 Å². The van der Waals surface area contributed by atoms with Crippen LogP contribution in [0.4, 0.5) is 0 Å². The molecule has 0 aliphatic heterocycles. The highest BCUT2D eigenvalue weighted by molar-refractivity contribution is 14.1. The van der Waals surface area contributed by atoms with E-state index in [-0.39, 0.29) is 7.43 Å². The summed E-state index contributed by atoms with van der Waals surface area (Å²) in [5, 5.41) is 0. The highest BCUT2D eigenvalue weighted by Crippen LogP contribution is 2.43. The summed E-state index contributed by atoms with van der Waals surface area (Å²) < 4.78 is 0.955. The second-order valence-electron chi connectivity index (χ2n) is 7.07. The van der Waals surface area contributed by atoms with Crippen molar-refractivity contribution in [3.05, 3.63) is 35.4 Å². The summed E-state index contributed by atoms with van der Waals surface area (Å²) in [7, 11) is 0. The Balaban J connectivity index is 0.00000176. The topological polar surface area (TPSA) is 26.0 Å². The Bertz CT molecular complexity index is 426. The molecule has 3 rings (SSSR count). The van der Waals surface area contributed by atoms with E-state index < -0.39 is 0 Å². The number of nitrogens with two attached hydrogens (primary N) is 1. The number of hydrogen-bond donors (Lipinski definition) is 1. The molecule has 0 unspecified atom stereocenters. The van der Waals surface area contributed by atoms with Crippen LogP contribution in [0, 0.1) is 11.8 Å². The number of hydrogen-bond acceptors (Lipinski definition) is 1. The molecule has 2 N–H and O–H groups in total. The minimum absolute atomic E-state index is 0. The van der Waals surface area contributed by atoms with Gasteiger partial charge in [0.2, 0.25) is 0 Å². The second-order valence-corrected chi connectivity index (χ2v) is 8.83. The summed E-state index contributed by atoms with van der Waals surface area (Å²) in [4.78, 5) is 0. The quantitative estimate of drug-likeness (QED) is 0.474. The molecule has 0 atom stereocenters. The van der Waals surface area contributed by atoms with Gasteiger partial charge in [-0.1, -0.05) is 54.3 Å². The zero-order chi connectivity index (χ0) is 14.7. The molecule has 2 saturated carbocycles. The maximum absolute atomic E-state index is 5.69. The summed E-state index contributed by atoms with van der Waals surface area (Å²) in [5.41, 5.74) is 8.48. The van der Waals surface area contributed by atoms with Gasteiger partial charge in [-0.15, -0.1) is 0 Å². The molecule has 1 aromatic rings. The van der Waals surface area contributed by atoms with Crippen molar-refractivity contribution in [3.63, 3.8) is 0 Å². The minimum atomic E-state index is 0. The molecule has 2 aliphatic carbocycles. The molecule has 22 heavy (non-hydrogen) atoms. The highest BCUT2D eigenvalue weighted by atomic mass is 127. The molecular weight excluding hydrogens is 381 g/mol. The lowest BCUT2D eigenvalue weighted by Gasteiger charge is -2.37. The van der Waals surface area contributed by atoms with Gasteiger partial charge >= 0.3 is 0 Å². The molecule has 1 aromatic carbocycles. The molecule has 0 spiro atoms. The molecule has 0 bridgehead atoms. The molecule has 0 aromatic heterocycles. The fourth-order valence-corrected chi connectivity index (χ4v) is 5.12. The average molecular weight is 413 g/mol. The van der Waals surface area contributed by atoms with Crippen LogP contribution in [0.2, 0.25) is 0 Å². The monoisotopic (exact) mass is 413 g/mol.